The first-order valence-corrected chi connectivity index (χ1v) is 6.32. The normalized spacial score (nSPS) is 10.3. The number of nitrogens with one attached hydrogen (secondary N) is 1. The summed E-state index contributed by atoms with van der Waals surface area (Å²) in [7, 11) is 1.60. The molecule has 0 aliphatic rings. The van der Waals surface area contributed by atoms with E-state index >= 15 is 0 Å². The van der Waals surface area contributed by atoms with Crippen LogP contribution in [0.2, 0.25) is 0 Å². The minimum absolute atomic E-state index is 0.597. The summed E-state index contributed by atoms with van der Waals surface area (Å²) in [5.41, 5.74) is 2.88. The van der Waals surface area contributed by atoms with E-state index in [-0.39, 0.29) is 0 Å². The molecule has 0 aliphatic heterocycles. The summed E-state index contributed by atoms with van der Waals surface area (Å²) in [6, 6.07) is 3.78. The van der Waals surface area contributed by atoms with Crippen molar-refractivity contribution in [3.63, 3.8) is 0 Å². The lowest BCUT2D eigenvalue weighted by molar-refractivity contribution is 0.398. The van der Waals surface area contributed by atoms with Crippen molar-refractivity contribution in [2.24, 2.45) is 0 Å². The molecule has 5 nitrogen and oxygen atoms in total. The fraction of sp³-hybridized carbons (Fsp3) is 0.357. The number of hydrogen-bond acceptors (Lipinski definition) is 5. The summed E-state index contributed by atoms with van der Waals surface area (Å²) < 4.78 is 5.06. The lowest BCUT2D eigenvalue weighted by Gasteiger charge is -2.10. The molecule has 0 fully saturated rings. The molecule has 1 N–H and O–H groups in total. The van der Waals surface area contributed by atoms with Crippen LogP contribution in [0.15, 0.2) is 24.7 Å². The molecule has 0 aliphatic carbocycles. The van der Waals surface area contributed by atoms with Gasteiger partial charge in [0.05, 0.1) is 12.8 Å². The summed E-state index contributed by atoms with van der Waals surface area (Å²) in [6.07, 6.45) is 4.39. The third-order valence-electron chi connectivity index (χ3n) is 2.85. The van der Waals surface area contributed by atoms with Crippen LogP contribution in [-0.2, 0) is 0 Å². The molecular formula is C14H18N4O. The Bertz CT molecular complexity index is 540. The molecule has 19 heavy (non-hydrogen) atoms. The molecule has 0 radical (unpaired) electrons. The van der Waals surface area contributed by atoms with E-state index in [1.54, 1.807) is 19.6 Å². The Kier molecular flexibility index (Phi) is 4.28. The van der Waals surface area contributed by atoms with E-state index in [2.05, 4.69) is 27.2 Å². The van der Waals surface area contributed by atoms with Crippen molar-refractivity contribution < 1.29 is 4.74 Å². The number of methoxy groups -OCH3 is 1. The number of aromatic nitrogens is 3. The van der Waals surface area contributed by atoms with Crippen LogP contribution < -0.4 is 10.1 Å². The molecular weight excluding hydrogens is 240 g/mol. The van der Waals surface area contributed by atoms with E-state index in [0.717, 1.165) is 35.6 Å². The van der Waals surface area contributed by atoms with E-state index in [9.17, 15) is 0 Å². The number of nitrogens with zero attached hydrogens (tertiary/aromatic N) is 3. The Hall–Kier alpha value is -2.17. The van der Waals surface area contributed by atoms with Gasteiger partial charge in [0.15, 0.2) is 0 Å². The number of hydrogen-bond donors (Lipinski definition) is 1. The Morgan fingerprint density at radius 2 is 2.05 bits per heavy atom. The third-order valence-corrected chi connectivity index (χ3v) is 2.85. The quantitative estimate of drug-likeness (QED) is 0.893. The zero-order valence-corrected chi connectivity index (χ0v) is 11.5. The van der Waals surface area contributed by atoms with Gasteiger partial charge in [0.1, 0.15) is 12.1 Å². The molecule has 0 amide bonds. The molecule has 2 heterocycles. The molecule has 0 bridgehead atoms. The van der Waals surface area contributed by atoms with Crippen LogP contribution >= 0.6 is 0 Å². The number of pyridine rings is 1. The largest absolute Gasteiger partial charge is 0.481 e. The maximum absolute atomic E-state index is 5.06. The monoisotopic (exact) mass is 258 g/mol. The van der Waals surface area contributed by atoms with E-state index in [1.165, 1.54) is 0 Å². The highest BCUT2D eigenvalue weighted by Crippen LogP contribution is 2.25. The highest BCUT2D eigenvalue weighted by atomic mass is 16.5. The highest BCUT2D eigenvalue weighted by molar-refractivity contribution is 5.67. The minimum atomic E-state index is 0.597. The van der Waals surface area contributed by atoms with Gasteiger partial charge in [0, 0.05) is 29.9 Å². The van der Waals surface area contributed by atoms with E-state index < -0.39 is 0 Å². The molecule has 100 valence electrons. The van der Waals surface area contributed by atoms with Gasteiger partial charge in [-0.3, -0.25) is 0 Å². The standard InChI is InChI=1S/C14H18N4O/c1-4-7-15-14-10(2)13(17-9-18-14)11-5-6-12(19-3)16-8-11/h5-6,8-9H,4,7H2,1-3H3,(H,15,17,18). The summed E-state index contributed by atoms with van der Waals surface area (Å²) >= 11 is 0. The predicted octanol–water partition coefficient (Wildman–Crippen LogP) is 2.68. The highest BCUT2D eigenvalue weighted by Gasteiger charge is 2.09. The van der Waals surface area contributed by atoms with Crippen molar-refractivity contribution in [3.8, 4) is 17.1 Å². The maximum Gasteiger partial charge on any atom is 0.212 e. The Morgan fingerprint density at radius 1 is 1.21 bits per heavy atom. The van der Waals surface area contributed by atoms with Crippen LogP contribution in [-0.4, -0.2) is 28.6 Å². The molecule has 2 aromatic rings. The van der Waals surface area contributed by atoms with E-state index in [4.69, 9.17) is 4.74 Å². The summed E-state index contributed by atoms with van der Waals surface area (Å²) in [6.45, 7) is 5.04. The maximum atomic E-state index is 5.06. The van der Waals surface area contributed by atoms with Crippen LogP contribution in [0.1, 0.15) is 18.9 Å². The fourth-order valence-electron chi connectivity index (χ4n) is 1.80. The van der Waals surface area contributed by atoms with Crippen molar-refractivity contribution in [3.05, 3.63) is 30.2 Å². The molecule has 0 atom stereocenters. The van der Waals surface area contributed by atoms with Crippen molar-refractivity contribution in [1.29, 1.82) is 0 Å². The topological polar surface area (TPSA) is 59.9 Å². The number of anilines is 1. The Balaban J connectivity index is 2.32. The first-order valence-electron chi connectivity index (χ1n) is 6.32. The van der Waals surface area contributed by atoms with Crippen LogP contribution in [0.4, 0.5) is 5.82 Å². The van der Waals surface area contributed by atoms with Crippen molar-refractivity contribution in [1.82, 2.24) is 15.0 Å². The molecule has 2 aromatic heterocycles. The van der Waals surface area contributed by atoms with Gasteiger partial charge in [-0.1, -0.05) is 6.92 Å². The Labute approximate surface area is 113 Å². The van der Waals surface area contributed by atoms with Gasteiger partial charge in [-0.25, -0.2) is 15.0 Å². The summed E-state index contributed by atoms with van der Waals surface area (Å²) in [5, 5.41) is 3.30. The molecule has 2 rings (SSSR count). The lowest BCUT2D eigenvalue weighted by Crippen LogP contribution is -2.05. The second-order valence-corrected chi connectivity index (χ2v) is 4.21. The molecule has 0 spiro atoms. The van der Waals surface area contributed by atoms with E-state index in [0.29, 0.717) is 5.88 Å². The Morgan fingerprint density at radius 3 is 2.68 bits per heavy atom. The van der Waals surface area contributed by atoms with Crippen LogP contribution in [0.5, 0.6) is 5.88 Å². The smallest absolute Gasteiger partial charge is 0.212 e. The third kappa shape index (κ3) is 2.99. The van der Waals surface area contributed by atoms with Crippen LogP contribution in [0.25, 0.3) is 11.3 Å². The van der Waals surface area contributed by atoms with Gasteiger partial charge < -0.3 is 10.1 Å². The van der Waals surface area contributed by atoms with Crippen LogP contribution in [0.3, 0.4) is 0 Å². The van der Waals surface area contributed by atoms with Crippen LogP contribution in [0, 0.1) is 6.92 Å². The first kappa shape index (κ1) is 13.3. The van der Waals surface area contributed by atoms with Gasteiger partial charge in [0.2, 0.25) is 5.88 Å². The zero-order valence-electron chi connectivity index (χ0n) is 11.5. The minimum Gasteiger partial charge on any atom is -0.481 e. The average molecular weight is 258 g/mol. The molecule has 5 heteroatoms. The van der Waals surface area contributed by atoms with Gasteiger partial charge in [0.25, 0.3) is 0 Å². The van der Waals surface area contributed by atoms with Gasteiger partial charge in [-0.2, -0.15) is 0 Å². The van der Waals surface area contributed by atoms with Gasteiger partial charge in [-0.05, 0) is 19.4 Å². The number of rotatable bonds is 5. The average Bonchev–Trinajstić information content (AvgIpc) is 2.46. The van der Waals surface area contributed by atoms with Gasteiger partial charge >= 0.3 is 0 Å². The summed E-state index contributed by atoms with van der Waals surface area (Å²) in [4.78, 5) is 12.8. The van der Waals surface area contributed by atoms with Crippen molar-refractivity contribution >= 4 is 5.82 Å². The lowest BCUT2D eigenvalue weighted by atomic mass is 10.1. The van der Waals surface area contributed by atoms with E-state index in [1.807, 2.05) is 19.1 Å². The summed E-state index contributed by atoms with van der Waals surface area (Å²) in [5.74, 6) is 1.47. The zero-order chi connectivity index (χ0) is 13.7. The second kappa shape index (κ2) is 6.13. The fourth-order valence-corrected chi connectivity index (χ4v) is 1.80. The second-order valence-electron chi connectivity index (χ2n) is 4.21. The molecule has 0 saturated carbocycles. The number of ether oxygens (including phenoxy) is 1. The van der Waals surface area contributed by atoms with Crippen molar-refractivity contribution in [2.45, 2.75) is 20.3 Å². The molecule has 0 aromatic carbocycles. The first-order chi connectivity index (χ1) is 9.26. The van der Waals surface area contributed by atoms with Crippen molar-refractivity contribution in [2.75, 3.05) is 19.0 Å². The van der Waals surface area contributed by atoms with Gasteiger partial charge in [-0.15, -0.1) is 0 Å². The molecule has 0 saturated heterocycles. The molecule has 0 unspecified atom stereocenters. The SMILES string of the molecule is CCCNc1ncnc(-c2ccc(OC)nc2)c1C. The predicted molar refractivity (Wildman–Crippen MR) is 75.3 cm³/mol.